The number of methoxy groups -OCH3 is 1. The van der Waals surface area contributed by atoms with E-state index in [2.05, 4.69) is 31.3 Å². The number of imide groups is 1. The number of benzene rings is 2. The molecule has 11 heteroatoms. The van der Waals surface area contributed by atoms with E-state index in [9.17, 15) is 19.2 Å². The number of hydrogen-bond acceptors (Lipinski definition) is 7. The van der Waals surface area contributed by atoms with E-state index in [1.54, 1.807) is 42.5 Å². The topological polar surface area (TPSA) is 127 Å². The van der Waals surface area contributed by atoms with E-state index in [0.717, 1.165) is 4.90 Å². The van der Waals surface area contributed by atoms with Crippen molar-refractivity contribution in [3.63, 3.8) is 0 Å². The van der Waals surface area contributed by atoms with Gasteiger partial charge in [0.1, 0.15) is 17.2 Å². The van der Waals surface area contributed by atoms with Gasteiger partial charge in [0.15, 0.2) is 6.61 Å². The first kappa shape index (κ1) is 24.7. The van der Waals surface area contributed by atoms with Crippen LogP contribution in [0.25, 0.3) is 6.08 Å². The van der Waals surface area contributed by atoms with Crippen LogP contribution in [-0.4, -0.2) is 42.4 Å². The number of para-hydroxylation sites is 1. The Bertz CT molecular complexity index is 1350. The summed E-state index contributed by atoms with van der Waals surface area (Å²) in [6.07, 6.45) is 1.46. The number of carbonyl (C=O) groups is 4. The zero-order chi connectivity index (χ0) is 25.7. The molecule has 4 amide bonds. The number of halogens is 1. The summed E-state index contributed by atoms with van der Waals surface area (Å²) >= 11 is 3.38. The lowest BCUT2D eigenvalue weighted by atomic mass is 10.1. The Morgan fingerprint density at radius 3 is 2.64 bits per heavy atom. The fourth-order valence-electron chi connectivity index (χ4n) is 3.33. The van der Waals surface area contributed by atoms with Gasteiger partial charge in [-0.05, 0) is 48.5 Å². The van der Waals surface area contributed by atoms with Crippen LogP contribution in [0.1, 0.15) is 21.9 Å². The third-order valence-corrected chi connectivity index (χ3v) is 5.51. The molecule has 184 valence electrons. The molecule has 0 radical (unpaired) electrons. The van der Waals surface area contributed by atoms with E-state index in [1.807, 2.05) is 6.07 Å². The molecule has 1 fully saturated rings. The summed E-state index contributed by atoms with van der Waals surface area (Å²) in [5, 5.41) is 5.25. The van der Waals surface area contributed by atoms with Crippen LogP contribution in [0.4, 0.5) is 10.5 Å². The number of esters is 1. The first-order valence-electron chi connectivity index (χ1n) is 10.6. The number of nitrogens with one attached hydrogen (secondary N) is 2. The summed E-state index contributed by atoms with van der Waals surface area (Å²) in [6.45, 7) is -0.444. The molecular weight excluding hydrogens is 534 g/mol. The minimum atomic E-state index is -0.668. The highest BCUT2D eigenvalue weighted by molar-refractivity contribution is 9.10. The molecule has 0 bridgehead atoms. The number of amides is 4. The van der Waals surface area contributed by atoms with Gasteiger partial charge in [0.2, 0.25) is 5.76 Å². The fraction of sp³-hybridized carbons (Fsp3) is 0.120. The second-order valence-corrected chi connectivity index (χ2v) is 8.44. The second-order valence-electron chi connectivity index (χ2n) is 7.52. The lowest BCUT2D eigenvalue weighted by Crippen LogP contribution is -2.30. The van der Waals surface area contributed by atoms with Crippen LogP contribution in [0.3, 0.4) is 0 Å². The number of urea groups is 1. The van der Waals surface area contributed by atoms with Crippen LogP contribution < -0.4 is 15.4 Å². The van der Waals surface area contributed by atoms with E-state index < -0.39 is 17.9 Å². The minimum absolute atomic E-state index is 0.0106. The number of carbonyl (C=O) groups excluding carboxylic acids is 4. The quantitative estimate of drug-likeness (QED) is 0.245. The normalized spacial score (nSPS) is 14.1. The van der Waals surface area contributed by atoms with Gasteiger partial charge in [0.05, 0.1) is 13.7 Å². The third kappa shape index (κ3) is 5.81. The molecule has 0 unspecified atom stereocenters. The maximum absolute atomic E-state index is 12.9. The smallest absolute Gasteiger partial charge is 0.373 e. The van der Waals surface area contributed by atoms with E-state index in [0.29, 0.717) is 21.5 Å². The third-order valence-electron chi connectivity index (χ3n) is 5.01. The van der Waals surface area contributed by atoms with Crippen molar-refractivity contribution in [2.45, 2.75) is 6.54 Å². The molecule has 36 heavy (non-hydrogen) atoms. The van der Waals surface area contributed by atoms with Gasteiger partial charge in [-0.1, -0.05) is 34.1 Å². The highest BCUT2D eigenvalue weighted by atomic mass is 79.9. The van der Waals surface area contributed by atoms with E-state index in [1.165, 1.54) is 25.3 Å². The summed E-state index contributed by atoms with van der Waals surface area (Å²) in [6, 6.07) is 16.2. The number of furan rings is 1. The molecule has 10 nitrogen and oxygen atoms in total. The molecule has 1 aromatic heterocycles. The first-order valence-corrected chi connectivity index (χ1v) is 11.4. The summed E-state index contributed by atoms with van der Waals surface area (Å²) in [7, 11) is 1.22. The van der Waals surface area contributed by atoms with Crippen molar-refractivity contribution in [3.8, 4) is 5.75 Å². The van der Waals surface area contributed by atoms with Crippen molar-refractivity contribution >= 4 is 51.5 Å². The van der Waals surface area contributed by atoms with Crippen molar-refractivity contribution in [2.75, 3.05) is 19.0 Å². The molecular formula is C25H20BrN3O7. The van der Waals surface area contributed by atoms with Gasteiger partial charge in [0.25, 0.3) is 11.8 Å². The van der Waals surface area contributed by atoms with Gasteiger partial charge >= 0.3 is 12.0 Å². The van der Waals surface area contributed by atoms with Crippen molar-refractivity contribution in [1.82, 2.24) is 10.2 Å². The molecule has 1 saturated heterocycles. The average molecular weight is 554 g/mol. The molecule has 2 heterocycles. The van der Waals surface area contributed by atoms with E-state index >= 15 is 0 Å². The Labute approximate surface area is 214 Å². The highest BCUT2D eigenvalue weighted by Crippen LogP contribution is 2.27. The standard InChI is InChI=1S/C25H20BrN3O7/c1-34-24(32)21-10-8-18(36-21)13-29-23(31)19(28-25(29)33)12-15-11-16(26)7-9-20(15)35-14-22(30)27-17-5-3-2-4-6-17/h2-12H,13-14H2,1H3,(H,27,30)(H,28,33)/b19-12-. The van der Waals surface area contributed by atoms with Gasteiger partial charge in [0, 0.05) is 15.7 Å². The molecule has 0 spiro atoms. The van der Waals surface area contributed by atoms with E-state index in [4.69, 9.17) is 9.15 Å². The predicted molar refractivity (Wildman–Crippen MR) is 132 cm³/mol. The Kier molecular flexibility index (Phi) is 7.50. The zero-order valence-corrected chi connectivity index (χ0v) is 20.5. The van der Waals surface area contributed by atoms with Crippen molar-refractivity contribution < 1.29 is 33.1 Å². The minimum Gasteiger partial charge on any atom is -0.483 e. The Hall–Kier alpha value is -4.38. The van der Waals surface area contributed by atoms with Gasteiger partial charge in [-0.2, -0.15) is 0 Å². The SMILES string of the molecule is COC(=O)c1ccc(CN2C(=O)N/C(=C\c3cc(Br)ccc3OCC(=O)Nc3ccccc3)C2=O)o1. The maximum atomic E-state index is 12.9. The molecule has 0 atom stereocenters. The number of anilines is 1. The summed E-state index contributed by atoms with van der Waals surface area (Å²) < 4.78 is 16.3. The van der Waals surface area contributed by atoms with Crippen LogP contribution >= 0.6 is 15.9 Å². The summed E-state index contributed by atoms with van der Waals surface area (Å²) in [4.78, 5) is 50.1. The molecule has 4 rings (SSSR count). The van der Waals surface area contributed by atoms with Gasteiger partial charge in [-0.25, -0.2) is 9.59 Å². The van der Waals surface area contributed by atoms with Gasteiger partial charge in [-0.3, -0.25) is 14.5 Å². The molecule has 2 N–H and O–H groups in total. The lowest BCUT2D eigenvalue weighted by molar-refractivity contribution is -0.123. The zero-order valence-electron chi connectivity index (χ0n) is 18.9. The summed E-state index contributed by atoms with van der Waals surface area (Å²) in [5.41, 5.74) is 1.11. The second kappa shape index (κ2) is 10.9. The van der Waals surface area contributed by atoms with Crippen molar-refractivity contribution in [2.24, 2.45) is 0 Å². The number of hydrogen-bond donors (Lipinski definition) is 2. The molecule has 0 aliphatic carbocycles. The highest BCUT2D eigenvalue weighted by Gasteiger charge is 2.34. The lowest BCUT2D eigenvalue weighted by Gasteiger charge is -2.11. The van der Waals surface area contributed by atoms with Crippen LogP contribution in [0.2, 0.25) is 0 Å². The van der Waals surface area contributed by atoms with E-state index in [-0.39, 0.29) is 36.3 Å². The fourth-order valence-corrected chi connectivity index (χ4v) is 3.70. The van der Waals surface area contributed by atoms with Crippen LogP contribution in [0.5, 0.6) is 5.75 Å². The number of ether oxygens (including phenoxy) is 2. The van der Waals surface area contributed by atoms with Crippen LogP contribution in [0.15, 0.2) is 75.3 Å². The molecule has 1 aliphatic heterocycles. The Morgan fingerprint density at radius 2 is 1.89 bits per heavy atom. The largest absolute Gasteiger partial charge is 0.483 e. The Balaban J connectivity index is 1.47. The first-order chi connectivity index (χ1) is 17.3. The van der Waals surface area contributed by atoms with Crippen LogP contribution in [0, 0.1) is 0 Å². The number of nitrogens with zero attached hydrogens (tertiary/aromatic N) is 1. The number of rotatable bonds is 8. The van der Waals surface area contributed by atoms with Crippen molar-refractivity contribution in [1.29, 1.82) is 0 Å². The van der Waals surface area contributed by atoms with Gasteiger partial charge in [-0.15, -0.1) is 0 Å². The molecule has 0 saturated carbocycles. The van der Waals surface area contributed by atoms with Crippen molar-refractivity contribution in [3.05, 3.63) is 87.9 Å². The van der Waals surface area contributed by atoms with Crippen LogP contribution in [-0.2, 0) is 20.9 Å². The van der Waals surface area contributed by atoms with Gasteiger partial charge < -0.3 is 24.5 Å². The molecule has 1 aliphatic rings. The summed E-state index contributed by atoms with van der Waals surface area (Å²) in [5.74, 6) is -1.09. The molecule has 2 aromatic carbocycles. The maximum Gasteiger partial charge on any atom is 0.373 e. The molecule has 3 aromatic rings. The average Bonchev–Trinajstić information content (AvgIpc) is 3.44. The predicted octanol–water partition coefficient (Wildman–Crippen LogP) is 3.94. The monoisotopic (exact) mass is 553 g/mol. The Morgan fingerprint density at radius 1 is 1.11 bits per heavy atom.